The van der Waals surface area contributed by atoms with Gasteiger partial charge in [-0.05, 0) is 36.4 Å². The molecule has 0 bridgehead atoms. The summed E-state index contributed by atoms with van der Waals surface area (Å²) in [5.74, 6) is -0.507. The predicted octanol–water partition coefficient (Wildman–Crippen LogP) is 3.95. The first kappa shape index (κ1) is 16.5. The molecular formula is C16H14F3N3O. The molecule has 2 rings (SSSR count). The Labute approximate surface area is 131 Å². The number of nitrogens with zero attached hydrogens (tertiary/aromatic N) is 1. The second-order valence-corrected chi connectivity index (χ2v) is 4.63. The Morgan fingerprint density at radius 3 is 2.48 bits per heavy atom. The number of aromatic nitrogens is 1. The van der Waals surface area contributed by atoms with E-state index in [1.54, 1.807) is 18.2 Å². The highest BCUT2D eigenvalue weighted by molar-refractivity contribution is 6.03. The number of hydrogen-bond donors (Lipinski definition) is 2. The second-order valence-electron chi connectivity index (χ2n) is 4.63. The van der Waals surface area contributed by atoms with Crippen LogP contribution in [0.5, 0.6) is 0 Å². The van der Waals surface area contributed by atoms with Crippen LogP contribution in [0.2, 0.25) is 0 Å². The highest BCUT2D eigenvalue weighted by Crippen LogP contribution is 2.29. The predicted molar refractivity (Wildman–Crippen MR) is 82.3 cm³/mol. The number of nitrogens with one attached hydrogen (secondary N) is 2. The van der Waals surface area contributed by atoms with Crippen LogP contribution in [0.1, 0.15) is 16.1 Å². The normalized spacial score (nSPS) is 10.9. The topological polar surface area (TPSA) is 54.0 Å². The summed E-state index contributed by atoms with van der Waals surface area (Å²) in [4.78, 5) is 16.0. The molecule has 0 radical (unpaired) electrons. The third-order valence-corrected chi connectivity index (χ3v) is 2.91. The Kier molecular flexibility index (Phi) is 5.00. The summed E-state index contributed by atoms with van der Waals surface area (Å²) in [6.45, 7) is 4.11. The minimum absolute atomic E-state index is 0.152. The zero-order valence-electron chi connectivity index (χ0n) is 12.0. The molecule has 0 fully saturated rings. The summed E-state index contributed by atoms with van der Waals surface area (Å²) < 4.78 is 37.4. The highest BCUT2D eigenvalue weighted by Gasteiger charge is 2.30. The SMILES string of the molecule is C=CCNc1ccnc(C(=O)Nc2ccc(C(F)(F)F)cc2)c1. The van der Waals surface area contributed by atoms with Crippen molar-refractivity contribution >= 4 is 17.3 Å². The average molecular weight is 321 g/mol. The molecule has 0 aliphatic heterocycles. The zero-order valence-corrected chi connectivity index (χ0v) is 12.0. The van der Waals surface area contributed by atoms with E-state index in [9.17, 15) is 18.0 Å². The summed E-state index contributed by atoms with van der Waals surface area (Å²) in [5.41, 5.74) is 0.329. The first-order valence-electron chi connectivity index (χ1n) is 6.69. The molecule has 0 aliphatic carbocycles. The van der Waals surface area contributed by atoms with E-state index in [0.29, 0.717) is 12.2 Å². The highest BCUT2D eigenvalue weighted by atomic mass is 19.4. The van der Waals surface area contributed by atoms with Gasteiger partial charge in [-0.1, -0.05) is 6.08 Å². The Hall–Kier alpha value is -2.83. The largest absolute Gasteiger partial charge is 0.416 e. The number of alkyl halides is 3. The second kappa shape index (κ2) is 6.95. The maximum atomic E-state index is 12.5. The van der Waals surface area contributed by atoms with Crippen molar-refractivity contribution in [1.82, 2.24) is 4.98 Å². The third-order valence-electron chi connectivity index (χ3n) is 2.91. The lowest BCUT2D eigenvalue weighted by molar-refractivity contribution is -0.137. The molecule has 0 aliphatic rings. The fraction of sp³-hybridized carbons (Fsp3) is 0.125. The van der Waals surface area contributed by atoms with Crippen LogP contribution < -0.4 is 10.6 Å². The lowest BCUT2D eigenvalue weighted by Crippen LogP contribution is -2.14. The first-order chi connectivity index (χ1) is 10.9. The quantitative estimate of drug-likeness (QED) is 0.820. The van der Waals surface area contributed by atoms with Gasteiger partial charge in [0.15, 0.2) is 0 Å². The van der Waals surface area contributed by atoms with Crippen LogP contribution in [0.3, 0.4) is 0 Å². The number of carbonyl (C=O) groups is 1. The van der Waals surface area contributed by atoms with Crippen LogP contribution >= 0.6 is 0 Å². The van der Waals surface area contributed by atoms with Gasteiger partial charge in [0.25, 0.3) is 5.91 Å². The Morgan fingerprint density at radius 2 is 1.87 bits per heavy atom. The van der Waals surface area contributed by atoms with Gasteiger partial charge in [-0.3, -0.25) is 9.78 Å². The number of pyridine rings is 1. The molecule has 1 heterocycles. The molecule has 120 valence electrons. The minimum Gasteiger partial charge on any atom is -0.381 e. The number of carbonyl (C=O) groups excluding carboxylic acids is 1. The van der Waals surface area contributed by atoms with Gasteiger partial charge in [0.2, 0.25) is 0 Å². The Balaban J connectivity index is 2.08. The molecule has 2 N–H and O–H groups in total. The van der Waals surface area contributed by atoms with Crippen LogP contribution in [-0.2, 0) is 6.18 Å². The molecule has 0 saturated heterocycles. The van der Waals surface area contributed by atoms with Crippen LogP contribution in [0.25, 0.3) is 0 Å². The van der Waals surface area contributed by atoms with Crippen molar-refractivity contribution in [2.75, 3.05) is 17.2 Å². The molecule has 23 heavy (non-hydrogen) atoms. The van der Waals surface area contributed by atoms with Crippen molar-refractivity contribution in [1.29, 1.82) is 0 Å². The number of benzene rings is 1. The lowest BCUT2D eigenvalue weighted by Gasteiger charge is -2.09. The van der Waals surface area contributed by atoms with Gasteiger partial charge in [0.1, 0.15) is 5.69 Å². The average Bonchev–Trinajstić information content (AvgIpc) is 2.53. The molecule has 1 aromatic carbocycles. The molecule has 2 aromatic rings. The number of amides is 1. The van der Waals surface area contributed by atoms with E-state index >= 15 is 0 Å². The first-order valence-corrected chi connectivity index (χ1v) is 6.69. The van der Waals surface area contributed by atoms with Crippen molar-refractivity contribution in [3.8, 4) is 0 Å². The summed E-state index contributed by atoms with van der Waals surface area (Å²) in [6.07, 6.45) is -1.27. The smallest absolute Gasteiger partial charge is 0.381 e. The van der Waals surface area contributed by atoms with Crippen LogP contribution in [-0.4, -0.2) is 17.4 Å². The summed E-state index contributed by atoms with van der Waals surface area (Å²) in [6, 6.07) is 7.44. The van der Waals surface area contributed by atoms with Crippen molar-refractivity contribution in [2.24, 2.45) is 0 Å². The van der Waals surface area contributed by atoms with Gasteiger partial charge in [0.05, 0.1) is 5.56 Å². The number of rotatable bonds is 5. The fourth-order valence-electron chi connectivity index (χ4n) is 1.79. The third kappa shape index (κ3) is 4.57. The van der Waals surface area contributed by atoms with Gasteiger partial charge in [-0.15, -0.1) is 6.58 Å². The molecule has 7 heteroatoms. The summed E-state index contributed by atoms with van der Waals surface area (Å²) in [5, 5.41) is 5.52. The van der Waals surface area contributed by atoms with Crippen molar-refractivity contribution in [3.63, 3.8) is 0 Å². The van der Waals surface area contributed by atoms with Crippen LogP contribution in [0.15, 0.2) is 55.3 Å². The summed E-state index contributed by atoms with van der Waals surface area (Å²) in [7, 11) is 0. The summed E-state index contributed by atoms with van der Waals surface area (Å²) >= 11 is 0. The molecule has 0 saturated carbocycles. The lowest BCUT2D eigenvalue weighted by atomic mass is 10.2. The van der Waals surface area contributed by atoms with Gasteiger partial charge in [0, 0.05) is 24.1 Å². The van der Waals surface area contributed by atoms with E-state index in [1.807, 2.05) is 0 Å². The maximum absolute atomic E-state index is 12.5. The molecule has 1 amide bonds. The van der Waals surface area contributed by atoms with Crippen molar-refractivity contribution in [3.05, 3.63) is 66.5 Å². The number of halogens is 3. The van der Waals surface area contributed by atoms with Gasteiger partial charge in [-0.25, -0.2) is 0 Å². The Bertz CT molecular complexity index is 696. The zero-order chi connectivity index (χ0) is 16.9. The molecule has 4 nitrogen and oxygen atoms in total. The number of anilines is 2. The van der Waals surface area contributed by atoms with E-state index in [1.165, 1.54) is 18.3 Å². The molecule has 0 spiro atoms. The maximum Gasteiger partial charge on any atom is 0.416 e. The van der Waals surface area contributed by atoms with Gasteiger partial charge in [-0.2, -0.15) is 13.2 Å². The molecular weight excluding hydrogens is 307 g/mol. The van der Waals surface area contributed by atoms with Crippen LogP contribution in [0, 0.1) is 0 Å². The van der Waals surface area contributed by atoms with Crippen molar-refractivity contribution in [2.45, 2.75) is 6.18 Å². The van der Waals surface area contributed by atoms with E-state index in [2.05, 4.69) is 22.2 Å². The van der Waals surface area contributed by atoms with E-state index in [0.717, 1.165) is 12.1 Å². The van der Waals surface area contributed by atoms with E-state index in [4.69, 9.17) is 0 Å². The van der Waals surface area contributed by atoms with Crippen LogP contribution in [0.4, 0.5) is 24.5 Å². The molecule has 1 aromatic heterocycles. The Morgan fingerprint density at radius 1 is 1.17 bits per heavy atom. The molecule has 0 atom stereocenters. The van der Waals surface area contributed by atoms with E-state index < -0.39 is 17.6 Å². The fourth-order valence-corrected chi connectivity index (χ4v) is 1.79. The van der Waals surface area contributed by atoms with E-state index in [-0.39, 0.29) is 11.4 Å². The minimum atomic E-state index is -4.41. The number of hydrogen-bond acceptors (Lipinski definition) is 3. The van der Waals surface area contributed by atoms with Crippen molar-refractivity contribution < 1.29 is 18.0 Å². The van der Waals surface area contributed by atoms with Gasteiger partial charge >= 0.3 is 6.18 Å². The standard InChI is InChI=1S/C16H14F3N3O/c1-2-8-20-13-7-9-21-14(10-13)15(23)22-12-5-3-11(4-6-12)16(17,18)19/h2-7,9-10H,1,8H2,(H,20,21)(H,22,23). The monoisotopic (exact) mass is 321 g/mol. The van der Waals surface area contributed by atoms with Gasteiger partial charge < -0.3 is 10.6 Å². The molecule has 0 unspecified atom stereocenters.